The summed E-state index contributed by atoms with van der Waals surface area (Å²) in [6, 6.07) is 0.757. The normalized spacial score (nSPS) is 27.6. The van der Waals surface area contributed by atoms with E-state index in [9.17, 15) is 0 Å². The zero-order valence-electron chi connectivity index (χ0n) is 12.1. The number of rotatable bonds is 3. The summed E-state index contributed by atoms with van der Waals surface area (Å²) in [5.74, 6) is 0.717. The van der Waals surface area contributed by atoms with Crippen LogP contribution in [0.4, 0.5) is 5.13 Å². The molecule has 110 valence electrons. The van der Waals surface area contributed by atoms with Gasteiger partial charge < -0.3 is 10.6 Å². The Hall–Kier alpha value is -0.650. The highest BCUT2D eigenvalue weighted by atomic mass is 32.1. The Kier molecular flexibility index (Phi) is 3.44. The minimum atomic E-state index is 0.660. The van der Waals surface area contributed by atoms with Crippen LogP contribution in [-0.2, 0) is 6.54 Å². The molecule has 5 heteroatoms. The van der Waals surface area contributed by atoms with Gasteiger partial charge in [-0.1, -0.05) is 6.42 Å². The first kappa shape index (κ1) is 13.0. The number of nitrogens with zero attached hydrogens (tertiary/aromatic N) is 3. The van der Waals surface area contributed by atoms with E-state index in [0.717, 1.165) is 18.5 Å². The first-order valence-corrected chi connectivity index (χ1v) is 8.85. The van der Waals surface area contributed by atoms with E-state index >= 15 is 0 Å². The Balaban J connectivity index is 1.52. The van der Waals surface area contributed by atoms with E-state index in [4.69, 9.17) is 10.7 Å². The molecule has 3 fully saturated rings. The van der Waals surface area contributed by atoms with Crippen molar-refractivity contribution in [3.63, 3.8) is 0 Å². The van der Waals surface area contributed by atoms with Crippen molar-refractivity contribution in [3.8, 4) is 0 Å². The van der Waals surface area contributed by atoms with Crippen molar-refractivity contribution in [2.75, 3.05) is 31.1 Å². The van der Waals surface area contributed by atoms with Crippen molar-refractivity contribution < 1.29 is 0 Å². The van der Waals surface area contributed by atoms with Gasteiger partial charge >= 0.3 is 0 Å². The fraction of sp³-hybridized carbons (Fsp3) is 0.800. The molecular formula is C15H24N4S. The summed E-state index contributed by atoms with van der Waals surface area (Å²) < 4.78 is 0. The van der Waals surface area contributed by atoms with Crippen LogP contribution in [0.2, 0.25) is 0 Å². The van der Waals surface area contributed by atoms with Crippen LogP contribution in [0.1, 0.15) is 48.6 Å². The fourth-order valence-electron chi connectivity index (χ4n) is 3.64. The lowest BCUT2D eigenvalue weighted by atomic mass is 10.00. The number of hydrogen-bond acceptors (Lipinski definition) is 5. The number of anilines is 1. The van der Waals surface area contributed by atoms with Crippen molar-refractivity contribution in [2.24, 2.45) is 5.73 Å². The molecule has 3 heterocycles. The van der Waals surface area contributed by atoms with Crippen molar-refractivity contribution in [1.29, 1.82) is 0 Å². The van der Waals surface area contributed by atoms with Gasteiger partial charge in [0.05, 0.1) is 5.69 Å². The van der Waals surface area contributed by atoms with Gasteiger partial charge in [0, 0.05) is 43.0 Å². The maximum Gasteiger partial charge on any atom is 0.185 e. The number of nitrogens with two attached hydrogens (primary N) is 1. The van der Waals surface area contributed by atoms with E-state index in [2.05, 4.69) is 9.80 Å². The largest absolute Gasteiger partial charge is 0.345 e. The van der Waals surface area contributed by atoms with Gasteiger partial charge in [-0.2, -0.15) is 0 Å². The summed E-state index contributed by atoms with van der Waals surface area (Å²) in [6.45, 7) is 5.48. The van der Waals surface area contributed by atoms with Crippen molar-refractivity contribution >= 4 is 16.5 Å². The van der Waals surface area contributed by atoms with Crippen LogP contribution in [0, 0.1) is 0 Å². The Morgan fingerprint density at radius 3 is 2.85 bits per heavy atom. The second-order valence-corrected chi connectivity index (χ2v) is 7.48. The van der Waals surface area contributed by atoms with Gasteiger partial charge in [0.15, 0.2) is 5.13 Å². The van der Waals surface area contributed by atoms with Gasteiger partial charge in [-0.25, -0.2) is 4.98 Å². The van der Waals surface area contributed by atoms with Crippen molar-refractivity contribution in [3.05, 3.63) is 10.6 Å². The molecule has 0 radical (unpaired) electrons. The van der Waals surface area contributed by atoms with Crippen LogP contribution >= 0.6 is 11.3 Å². The average molecular weight is 292 g/mol. The van der Waals surface area contributed by atoms with Crippen molar-refractivity contribution in [1.82, 2.24) is 9.88 Å². The Morgan fingerprint density at radius 2 is 2.05 bits per heavy atom. The van der Waals surface area contributed by atoms with E-state index in [-0.39, 0.29) is 0 Å². The summed E-state index contributed by atoms with van der Waals surface area (Å²) in [5, 5.41) is 1.23. The Bertz CT molecular complexity index is 482. The minimum absolute atomic E-state index is 0.660. The van der Waals surface area contributed by atoms with Gasteiger partial charge in [-0.3, -0.25) is 4.90 Å². The number of hydrogen-bond donors (Lipinski definition) is 1. The molecule has 1 aromatic rings. The zero-order chi connectivity index (χ0) is 13.5. The second-order valence-electron chi connectivity index (χ2n) is 6.41. The smallest absolute Gasteiger partial charge is 0.185 e. The van der Waals surface area contributed by atoms with Gasteiger partial charge in [0.1, 0.15) is 0 Å². The lowest BCUT2D eigenvalue weighted by molar-refractivity contribution is 0.133. The maximum atomic E-state index is 5.91. The monoisotopic (exact) mass is 292 g/mol. The fourth-order valence-corrected chi connectivity index (χ4v) is 4.70. The Morgan fingerprint density at radius 1 is 1.15 bits per heavy atom. The molecule has 4 nitrogen and oxygen atoms in total. The summed E-state index contributed by atoms with van der Waals surface area (Å²) in [7, 11) is 0. The molecule has 4 rings (SSSR count). The third kappa shape index (κ3) is 2.36. The molecule has 20 heavy (non-hydrogen) atoms. The molecule has 2 aliphatic heterocycles. The molecule has 0 amide bonds. The molecule has 3 aliphatic rings. The molecule has 1 atom stereocenters. The lowest BCUT2D eigenvalue weighted by Gasteiger charge is -2.44. The molecule has 1 aliphatic carbocycles. The predicted molar refractivity (Wildman–Crippen MR) is 83.4 cm³/mol. The molecule has 0 aromatic carbocycles. The molecule has 1 aromatic heterocycles. The third-order valence-corrected chi connectivity index (χ3v) is 6.13. The first-order valence-electron chi connectivity index (χ1n) is 8.04. The Labute approximate surface area is 125 Å². The van der Waals surface area contributed by atoms with Crippen LogP contribution < -0.4 is 10.6 Å². The molecule has 0 bridgehead atoms. The summed E-state index contributed by atoms with van der Waals surface area (Å²) in [6.07, 6.45) is 6.77. The van der Waals surface area contributed by atoms with E-state index in [0.29, 0.717) is 6.54 Å². The number of aromatic nitrogens is 1. The van der Waals surface area contributed by atoms with Gasteiger partial charge in [0.25, 0.3) is 0 Å². The number of thiazole rings is 1. The maximum absolute atomic E-state index is 5.91. The van der Waals surface area contributed by atoms with Crippen LogP contribution in [0.25, 0.3) is 0 Å². The first-order chi connectivity index (χ1) is 9.85. The van der Waals surface area contributed by atoms with E-state index in [1.165, 1.54) is 67.4 Å². The molecular weight excluding hydrogens is 268 g/mol. The van der Waals surface area contributed by atoms with Gasteiger partial charge in [-0.05, 0) is 32.2 Å². The van der Waals surface area contributed by atoms with Crippen molar-refractivity contribution in [2.45, 2.75) is 50.6 Å². The summed E-state index contributed by atoms with van der Waals surface area (Å²) in [4.78, 5) is 11.5. The molecule has 2 N–H and O–H groups in total. The molecule has 1 unspecified atom stereocenters. The van der Waals surface area contributed by atoms with E-state index in [1.54, 1.807) is 0 Å². The highest BCUT2D eigenvalue weighted by Gasteiger charge is 2.33. The quantitative estimate of drug-likeness (QED) is 0.927. The predicted octanol–water partition coefficient (Wildman–Crippen LogP) is 2.15. The average Bonchev–Trinajstić information content (AvgIpc) is 3.26. The summed E-state index contributed by atoms with van der Waals surface area (Å²) >= 11 is 1.85. The highest BCUT2D eigenvalue weighted by molar-refractivity contribution is 7.15. The van der Waals surface area contributed by atoms with Gasteiger partial charge in [0.2, 0.25) is 0 Å². The number of piperidine rings is 1. The molecule has 0 spiro atoms. The number of fused-ring (bicyclic) bond motifs is 1. The highest BCUT2D eigenvalue weighted by Crippen LogP contribution is 2.44. The third-order valence-electron chi connectivity index (χ3n) is 4.97. The minimum Gasteiger partial charge on any atom is -0.345 e. The SMILES string of the molecule is NCc1sc(N2CCN3CCCCC3C2)nc1C1CC1. The van der Waals surface area contributed by atoms with E-state index in [1.807, 2.05) is 11.3 Å². The van der Waals surface area contributed by atoms with Crippen LogP contribution in [0.3, 0.4) is 0 Å². The topological polar surface area (TPSA) is 45.4 Å². The zero-order valence-corrected chi connectivity index (χ0v) is 12.9. The number of piperazine rings is 1. The van der Waals surface area contributed by atoms with Crippen LogP contribution in [0.15, 0.2) is 0 Å². The standard InChI is InChI=1S/C15H24N4S/c16-9-13-14(11-4-5-11)17-15(20-13)19-8-7-18-6-2-1-3-12(18)10-19/h11-12H,1-10,16H2. The molecule has 1 saturated carbocycles. The summed E-state index contributed by atoms with van der Waals surface area (Å²) in [5.41, 5.74) is 7.23. The van der Waals surface area contributed by atoms with E-state index < -0.39 is 0 Å². The van der Waals surface area contributed by atoms with Crippen LogP contribution in [0.5, 0.6) is 0 Å². The van der Waals surface area contributed by atoms with Gasteiger partial charge in [-0.15, -0.1) is 11.3 Å². The lowest BCUT2D eigenvalue weighted by Crippen LogP contribution is -2.54. The van der Waals surface area contributed by atoms with Crippen LogP contribution in [-0.4, -0.2) is 42.1 Å². The molecule has 2 saturated heterocycles. The second kappa shape index (κ2) is 5.28.